The van der Waals surface area contributed by atoms with Crippen LogP contribution in [0, 0.1) is 12.7 Å². The topological polar surface area (TPSA) is 49.8 Å². The number of carbonyl (C=O) groups excluding carboxylic acids is 1. The Balaban J connectivity index is 2.00. The zero-order chi connectivity index (χ0) is 20.5. The Labute approximate surface area is 170 Å². The molecule has 0 amide bonds. The van der Waals surface area contributed by atoms with Gasteiger partial charge in [0.25, 0.3) is 0 Å². The molecule has 0 fully saturated rings. The van der Waals surface area contributed by atoms with E-state index in [-0.39, 0.29) is 24.1 Å². The fourth-order valence-corrected chi connectivity index (χ4v) is 4.61. The molecule has 0 radical (unpaired) electrons. The molecule has 5 heteroatoms. The standard InChI is InChI=1S/C24H26FNO3/c1-3-29-22-14-18-20(12-15(22)2)26(10-11-27)19-8-5-9-21(28)24(19)23(18)16-6-4-7-17(25)13-16/h4,6-7,12-14,23,27H,3,5,8-11H2,1-2H3. The summed E-state index contributed by atoms with van der Waals surface area (Å²) in [6.07, 6.45) is 2.07. The predicted molar refractivity (Wildman–Crippen MR) is 111 cm³/mol. The summed E-state index contributed by atoms with van der Waals surface area (Å²) in [4.78, 5) is 15.1. The second-order valence-electron chi connectivity index (χ2n) is 7.61. The number of benzene rings is 2. The number of rotatable bonds is 5. The van der Waals surface area contributed by atoms with Crippen LogP contribution < -0.4 is 9.64 Å². The van der Waals surface area contributed by atoms with Crippen molar-refractivity contribution in [3.63, 3.8) is 0 Å². The molecule has 1 heterocycles. The van der Waals surface area contributed by atoms with Crippen LogP contribution in [0.1, 0.15) is 48.8 Å². The number of aryl methyl sites for hydroxylation is 1. The van der Waals surface area contributed by atoms with E-state index in [9.17, 15) is 14.3 Å². The maximum absolute atomic E-state index is 14.1. The smallest absolute Gasteiger partial charge is 0.161 e. The Morgan fingerprint density at radius 3 is 2.79 bits per heavy atom. The maximum Gasteiger partial charge on any atom is 0.161 e. The van der Waals surface area contributed by atoms with E-state index in [4.69, 9.17) is 4.74 Å². The summed E-state index contributed by atoms with van der Waals surface area (Å²) < 4.78 is 19.9. The molecule has 1 N–H and O–H groups in total. The Morgan fingerprint density at radius 2 is 2.07 bits per heavy atom. The summed E-state index contributed by atoms with van der Waals surface area (Å²) in [6.45, 7) is 4.88. The predicted octanol–water partition coefficient (Wildman–Crippen LogP) is 4.48. The fraction of sp³-hybridized carbons (Fsp3) is 0.375. The molecule has 2 aromatic rings. The molecular formula is C24H26FNO3. The van der Waals surface area contributed by atoms with E-state index in [1.807, 2.05) is 26.0 Å². The van der Waals surface area contributed by atoms with Crippen molar-refractivity contribution in [2.24, 2.45) is 0 Å². The molecule has 152 valence electrons. The minimum atomic E-state index is -0.335. The van der Waals surface area contributed by atoms with Crippen molar-refractivity contribution in [3.05, 3.63) is 70.2 Å². The van der Waals surface area contributed by atoms with Gasteiger partial charge < -0.3 is 14.7 Å². The van der Waals surface area contributed by atoms with E-state index >= 15 is 0 Å². The number of ether oxygens (including phenoxy) is 1. The number of halogens is 1. The molecule has 2 aromatic carbocycles. The van der Waals surface area contributed by atoms with Crippen LogP contribution >= 0.6 is 0 Å². The van der Waals surface area contributed by atoms with E-state index < -0.39 is 0 Å². The number of anilines is 1. The van der Waals surface area contributed by atoms with Gasteiger partial charge in [-0.2, -0.15) is 0 Å². The van der Waals surface area contributed by atoms with Crippen molar-refractivity contribution in [2.45, 2.75) is 39.0 Å². The van der Waals surface area contributed by atoms with Gasteiger partial charge in [-0.3, -0.25) is 4.79 Å². The van der Waals surface area contributed by atoms with Crippen LogP contribution in [0.25, 0.3) is 0 Å². The zero-order valence-corrected chi connectivity index (χ0v) is 16.9. The van der Waals surface area contributed by atoms with Crippen LogP contribution in [0.15, 0.2) is 47.7 Å². The monoisotopic (exact) mass is 395 g/mol. The molecule has 1 atom stereocenters. The molecule has 0 saturated carbocycles. The molecule has 4 nitrogen and oxygen atoms in total. The number of hydrogen-bond acceptors (Lipinski definition) is 4. The van der Waals surface area contributed by atoms with Crippen molar-refractivity contribution in [2.75, 3.05) is 24.7 Å². The lowest BCUT2D eigenvalue weighted by Gasteiger charge is -2.41. The molecular weight excluding hydrogens is 369 g/mol. The second-order valence-corrected chi connectivity index (χ2v) is 7.61. The molecule has 2 aliphatic rings. The van der Waals surface area contributed by atoms with E-state index in [1.54, 1.807) is 6.07 Å². The molecule has 1 unspecified atom stereocenters. The van der Waals surface area contributed by atoms with Crippen molar-refractivity contribution >= 4 is 11.5 Å². The molecule has 1 aliphatic carbocycles. The van der Waals surface area contributed by atoms with Gasteiger partial charge in [-0.1, -0.05) is 12.1 Å². The van der Waals surface area contributed by atoms with E-state index in [0.29, 0.717) is 19.6 Å². The minimum Gasteiger partial charge on any atom is -0.494 e. The molecule has 1 aliphatic heterocycles. The number of Topliss-reactive ketones (excluding diaryl/α,β-unsaturated/α-hetero) is 1. The number of aliphatic hydroxyl groups is 1. The lowest BCUT2D eigenvalue weighted by atomic mass is 9.74. The molecule has 0 spiro atoms. The highest BCUT2D eigenvalue weighted by Gasteiger charge is 2.39. The van der Waals surface area contributed by atoms with E-state index in [0.717, 1.165) is 52.2 Å². The normalized spacial score (nSPS) is 18.6. The minimum absolute atomic E-state index is 0.0126. The highest BCUT2D eigenvalue weighted by atomic mass is 19.1. The third-order valence-corrected chi connectivity index (χ3v) is 5.77. The quantitative estimate of drug-likeness (QED) is 0.811. The summed E-state index contributed by atoms with van der Waals surface area (Å²) in [6, 6.07) is 10.6. The van der Waals surface area contributed by atoms with Gasteiger partial charge in [-0.05, 0) is 67.6 Å². The number of hydrogen-bond donors (Lipinski definition) is 1. The Bertz CT molecular complexity index is 982. The highest BCUT2D eigenvalue weighted by Crippen LogP contribution is 2.49. The summed E-state index contributed by atoms with van der Waals surface area (Å²) in [7, 11) is 0. The van der Waals surface area contributed by atoms with Gasteiger partial charge >= 0.3 is 0 Å². The summed E-state index contributed by atoms with van der Waals surface area (Å²) in [5.74, 6) is 0.221. The maximum atomic E-state index is 14.1. The first-order chi connectivity index (χ1) is 14.0. The first kappa shape index (κ1) is 19.6. The van der Waals surface area contributed by atoms with Gasteiger partial charge in [-0.25, -0.2) is 4.39 Å². The van der Waals surface area contributed by atoms with Gasteiger partial charge in [0, 0.05) is 35.8 Å². The van der Waals surface area contributed by atoms with Gasteiger partial charge in [0.05, 0.1) is 13.2 Å². The van der Waals surface area contributed by atoms with Gasteiger partial charge in [0.15, 0.2) is 5.78 Å². The number of β-amino-alcohol motifs (C(OH)–C–C–N with tert-alkyl or cyclic N) is 1. The lowest BCUT2D eigenvalue weighted by molar-refractivity contribution is -0.116. The molecule has 4 rings (SSSR count). The van der Waals surface area contributed by atoms with Crippen LogP contribution in [0.4, 0.5) is 10.1 Å². The third-order valence-electron chi connectivity index (χ3n) is 5.77. The first-order valence-corrected chi connectivity index (χ1v) is 10.2. The van der Waals surface area contributed by atoms with Crippen LogP contribution in [0.5, 0.6) is 5.75 Å². The van der Waals surface area contributed by atoms with E-state index in [1.165, 1.54) is 12.1 Å². The fourth-order valence-electron chi connectivity index (χ4n) is 4.61. The van der Waals surface area contributed by atoms with Crippen molar-refractivity contribution < 1.29 is 19.0 Å². The summed E-state index contributed by atoms with van der Waals surface area (Å²) in [5.41, 5.74) is 5.34. The third kappa shape index (κ3) is 3.44. The van der Waals surface area contributed by atoms with E-state index in [2.05, 4.69) is 11.0 Å². The van der Waals surface area contributed by atoms with Crippen molar-refractivity contribution in [1.82, 2.24) is 0 Å². The Morgan fingerprint density at radius 1 is 1.24 bits per heavy atom. The largest absolute Gasteiger partial charge is 0.494 e. The summed E-state index contributed by atoms with van der Waals surface area (Å²) >= 11 is 0. The first-order valence-electron chi connectivity index (χ1n) is 10.2. The number of fused-ring (bicyclic) bond motifs is 1. The molecule has 0 bridgehead atoms. The second kappa shape index (κ2) is 7.99. The number of allylic oxidation sites excluding steroid dienone is 2. The zero-order valence-electron chi connectivity index (χ0n) is 16.9. The number of ketones is 1. The molecule has 29 heavy (non-hydrogen) atoms. The lowest BCUT2D eigenvalue weighted by Crippen LogP contribution is -2.37. The Kier molecular flexibility index (Phi) is 5.41. The Hall–Kier alpha value is -2.66. The average molecular weight is 395 g/mol. The van der Waals surface area contributed by atoms with Gasteiger partial charge in [0.1, 0.15) is 11.6 Å². The molecule has 0 aromatic heterocycles. The van der Waals surface area contributed by atoms with Crippen LogP contribution in [-0.2, 0) is 4.79 Å². The average Bonchev–Trinajstić information content (AvgIpc) is 2.70. The number of carbonyl (C=O) groups is 1. The van der Waals surface area contributed by atoms with Crippen LogP contribution in [0.2, 0.25) is 0 Å². The van der Waals surface area contributed by atoms with Gasteiger partial charge in [-0.15, -0.1) is 0 Å². The summed E-state index contributed by atoms with van der Waals surface area (Å²) in [5, 5.41) is 9.70. The van der Waals surface area contributed by atoms with Crippen LogP contribution in [0.3, 0.4) is 0 Å². The number of aliphatic hydroxyl groups excluding tert-OH is 1. The number of nitrogens with zero attached hydrogens (tertiary/aromatic N) is 1. The van der Waals surface area contributed by atoms with Crippen molar-refractivity contribution in [1.29, 1.82) is 0 Å². The highest BCUT2D eigenvalue weighted by molar-refractivity contribution is 6.01. The SMILES string of the molecule is CCOc1cc2c(cc1C)N(CCO)C1=C(C(=O)CCC1)C2c1cccc(F)c1. The molecule has 0 saturated heterocycles. The van der Waals surface area contributed by atoms with Crippen LogP contribution in [-0.4, -0.2) is 30.6 Å². The van der Waals surface area contributed by atoms with Gasteiger partial charge in [0.2, 0.25) is 0 Å². The van der Waals surface area contributed by atoms with Crippen molar-refractivity contribution in [3.8, 4) is 5.75 Å².